The number of pyridine rings is 1. The Bertz CT molecular complexity index is 427. The van der Waals surface area contributed by atoms with Crippen LogP contribution >= 0.6 is 11.8 Å². The number of hydrogen-bond acceptors (Lipinski definition) is 3. The van der Waals surface area contributed by atoms with E-state index < -0.39 is 0 Å². The summed E-state index contributed by atoms with van der Waals surface area (Å²) >= 11 is 1.77. The van der Waals surface area contributed by atoms with Crippen molar-refractivity contribution in [2.75, 3.05) is 0 Å². The highest BCUT2D eigenvalue weighted by Crippen LogP contribution is 2.31. The first-order valence-corrected chi connectivity index (χ1v) is 6.70. The van der Waals surface area contributed by atoms with E-state index in [4.69, 9.17) is 11.1 Å². The first-order chi connectivity index (χ1) is 7.82. The van der Waals surface area contributed by atoms with Crippen LogP contribution in [0.1, 0.15) is 37.7 Å². The number of hydrogen-bond donors (Lipinski definition) is 2. The van der Waals surface area contributed by atoms with Crippen molar-refractivity contribution in [2.45, 2.75) is 44.8 Å². The molecule has 1 atom stereocenters. The summed E-state index contributed by atoms with van der Waals surface area (Å²) in [7, 11) is 0. The number of nitrogens with one attached hydrogen (secondary N) is 1. The first-order valence-electron chi connectivity index (χ1n) is 5.82. The van der Waals surface area contributed by atoms with Crippen molar-refractivity contribution in [1.82, 2.24) is 4.98 Å². The lowest BCUT2D eigenvalue weighted by Gasteiger charge is -2.18. The molecular formula is C13H21N3S. The van der Waals surface area contributed by atoms with Gasteiger partial charge in [-0.3, -0.25) is 10.4 Å². The van der Waals surface area contributed by atoms with Gasteiger partial charge in [0.1, 0.15) is 5.84 Å². The van der Waals surface area contributed by atoms with Crippen molar-refractivity contribution in [2.24, 2.45) is 11.7 Å². The van der Waals surface area contributed by atoms with Gasteiger partial charge < -0.3 is 5.73 Å². The molecule has 0 fully saturated rings. The van der Waals surface area contributed by atoms with Crippen molar-refractivity contribution < 1.29 is 0 Å². The summed E-state index contributed by atoms with van der Waals surface area (Å²) in [5.74, 6) is 0.696. The fourth-order valence-corrected chi connectivity index (χ4v) is 2.84. The minimum atomic E-state index is 0.105. The van der Waals surface area contributed by atoms with Crippen LogP contribution in [0, 0.1) is 25.2 Å². The van der Waals surface area contributed by atoms with Crippen LogP contribution in [0.4, 0.5) is 0 Å². The van der Waals surface area contributed by atoms with E-state index in [2.05, 4.69) is 25.8 Å². The van der Waals surface area contributed by atoms with Crippen LogP contribution in [0.2, 0.25) is 0 Å². The largest absolute Gasteiger partial charge is 0.384 e. The monoisotopic (exact) mass is 251 g/mol. The van der Waals surface area contributed by atoms with Gasteiger partial charge in [0.15, 0.2) is 0 Å². The van der Waals surface area contributed by atoms with Crippen LogP contribution in [0.5, 0.6) is 0 Å². The van der Waals surface area contributed by atoms with Gasteiger partial charge in [-0.15, -0.1) is 11.8 Å². The molecule has 1 heterocycles. The predicted molar refractivity (Wildman–Crippen MR) is 74.9 cm³/mol. The second-order valence-electron chi connectivity index (χ2n) is 4.70. The number of nitrogen functional groups attached to an aromatic ring is 1. The normalized spacial score (nSPS) is 12.8. The van der Waals surface area contributed by atoms with Crippen LogP contribution in [0.3, 0.4) is 0 Å². The molecule has 0 aromatic carbocycles. The van der Waals surface area contributed by atoms with Gasteiger partial charge in [-0.2, -0.15) is 0 Å². The molecule has 0 spiro atoms. The fraction of sp³-hybridized carbons (Fsp3) is 0.538. The Morgan fingerprint density at radius 2 is 1.94 bits per heavy atom. The molecule has 0 aliphatic rings. The Morgan fingerprint density at radius 3 is 2.41 bits per heavy atom. The van der Waals surface area contributed by atoms with Crippen molar-refractivity contribution in [3.05, 3.63) is 23.0 Å². The SMILES string of the molecule is Cc1cc(SC(C)C(C)C)c(C(=N)N)c(C)n1. The van der Waals surface area contributed by atoms with E-state index in [9.17, 15) is 0 Å². The quantitative estimate of drug-likeness (QED) is 0.491. The molecule has 1 aromatic heterocycles. The molecule has 17 heavy (non-hydrogen) atoms. The van der Waals surface area contributed by atoms with Gasteiger partial charge in [-0.1, -0.05) is 20.8 Å². The van der Waals surface area contributed by atoms with Crippen LogP contribution < -0.4 is 5.73 Å². The Hall–Kier alpha value is -1.03. The van der Waals surface area contributed by atoms with E-state index in [0.29, 0.717) is 11.2 Å². The van der Waals surface area contributed by atoms with E-state index in [0.717, 1.165) is 21.8 Å². The Morgan fingerprint density at radius 1 is 1.35 bits per heavy atom. The molecule has 3 N–H and O–H groups in total. The third-order valence-electron chi connectivity index (χ3n) is 2.81. The van der Waals surface area contributed by atoms with Gasteiger partial charge >= 0.3 is 0 Å². The number of amidine groups is 1. The van der Waals surface area contributed by atoms with Crippen LogP contribution in [0.15, 0.2) is 11.0 Å². The molecule has 1 rings (SSSR count). The van der Waals surface area contributed by atoms with E-state index in [-0.39, 0.29) is 5.84 Å². The minimum absolute atomic E-state index is 0.105. The zero-order valence-electron chi connectivity index (χ0n) is 11.2. The molecule has 4 heteroatoms. The van der Waals surface area contributed by atoms with E-state index >= 15 is 0 Å². The number of nitrogens with zero attached hydrogens (tertiary/aromatic N) is 1. The number of aryl methyl sites for hydroxylation is 2. The zero-order valence-corrected chi connectivity index (χ0v) is 12.0. The maximum absolute atomic E-state index is 7.66. The molecular weight excluding hydrogens is 230 g/mol. The number of nitrogens with two attached hydrogens (primary N) is 1. The molecule has 1 aromatic rings. The highest BCUT2D eigenvalue weighted by Gasteiger charge is 2.16. The number of aromatic nitrogens is 1. The summed E-state index contributed by atoms with van der Waals surface area (Å²) in [6, 6.07) is 2.02. The summed E-state index contributed by atoms with van der Waals surface area (Å²) in [5, 5.41) is 8.16. The average Bonchev–Trinajstić information content (AvgIpc) is 2.14. The van der Waals surface area contributed by atoms with Crippen LogP contribution in [-0.2, 0) is 0 Å². The molecule has 0 saturated heterocycles. The minimum Gasteiger partial charge on any atom is -0.384 e. The molecule has 0 radical (unpaired) electrons. The maximum atomic E-state index is 7.66. The Kier molecular flexibility index (Phi) is 4.57. The van der Waals surface area contributed by atoms with E-state index in [1.165, 1.54) is 0 Å². The summed E-state index contributed by atoms with van der Waals surface area (Å²) in [5.41, 5.74) is 8.25. The van der Waals surface area contributed by atoms with E-state index in [1.54, 1.807) is 11.8 Å². The molecule has 0 amide bonds. The summed E-state index contributed by atoms with van der Waals surface area (Å²) < 4.78 is 0. The fourth-order valence-electron chi connectivity index (χ4n) is 1.55. The lowest BCUT2D eigenvalue weighted by atomic mass is 10.1. The summed E-state index contributed by atoms with van der Waals surface area (Å²) in [4.78, 5) is 5.45. The summed E-state index contributed by atoms with van der Waals surface area (Å²) in [6.45, 7) is 10.5. The second-order valence-corrected chi connectivity index (χ2v) is 6.12. The molecule has 0 aliphatic carbocycles. The molecule has 3 nitrogen and oxygen atoms in total. The molecule has 0 saturated carbocycles. The van der Waals surface area contributed by atoms with Crippen LogP contribution in [-0.4, -0.2) is 16.1 Å². The van der Waals surface area contributed by atoms with Gasteiger partial charge in [0.25, 0.3) is 0 Å². The van der Waals surface area contributed by atoms with Crippen molar-refractivity contribution >= 4 is 17.6 Å². The predicted octanol–water partition coefficient (Wildman–Crippen LogP) is 3.12. The molecule has 94 valence electrons. The Balaban J connectivity index is 3.17. The Labute approximate surface area is 108 Å². The van der Waals surface area contributed by atoms with Gasteiger partial charge in [0, 0.05) is 21.5 Å². The maximum Gasteiger partial charge on any atom is 0.125 e. The second kappa shape index (κ2) is 5.54. The van der Waals surface area contributed by atoms with Crippen molar-refractivity contribution in [3.63, 3.8) is 0 Å². The zero-order chi connectivity index (χ0) is 13.2. The first kappa shape index (κ1) is 14.0. The summed E-state index contributed by atoms with van der Waals surface area (Å²) in [6.07, 6.45) is 0. The highest BCUT2D eigenvalue weighted by molar-refractivity contribution is 8.00. The third-order valence-corrected chi connectivity index (χ3v) is 4.31. The highest BCUT2D eigenvalue weighted by atomic mass is 32.2. The lowest BCUT2D eigenvalue weighted by molar-refractivity contribution is 0.642. The topological polar surface area (TPSA) is 62.8 Å². The third kappa shape index (κ3) is 3.46. The van der Waals surface area contributed by atoms with E-state index in [1.807, 2.05) is 19.9 Å². The number of thioether (sulfide) groups is 1. The standard InChI is InChI=1S/C13H21N3S/c1-7(2)10(5)17-11-6-8(3)16-9(4)12(11)13(14)15/h6-7,10H,1-5H3,(H3,14,15). The van der Waals surface area contributed by atoms with Crippen LogP contribution in [0.25, 0.3) is 0 Å². The smallest absolute Gasteiger partial charge is 0.125 e. The lowest BCUT2D eigenvalue weighted by Crippen LogP contribution is -2.17. The average molecular weight is 251 g/mol. The van der Waals surface area contributed by atoms with Gasteiger partial charge in [0.05, 0.1) is 5.56 Å². The van der Waals surface area contributed by atoms with Gasteiger partial charge in [0.2, 0.25) is 0 Å². The molecule has 1 unspecified atom stereocenters. The van der Waals surface area contributed by atoms with Crippen molar-refractivity contribution in [3.8, 4) is 0 Å². The van der Waals surface area contributed by atoms with Gasteiger partial charge in [-0.05, 0) is 25.8 Å². The number of rotatable bonds is 4. The molecule has 0 aliphatic heterocycles. The van der Waals surface area contributed by atoms with Gasteiger partial charge in [-0.25, -0.2) is 0 Å². The van der Waals surface area contributed by atoms with Crippen molar-refractivity contribution in [1.29, 1.82) is 5.41 Å². The molecule has 0 bridgehead atoms.